The SMILES string of the molecule is COCC(=O)Nc1cccc(N2CCCN(Cc3cc(C)cc(C)c3)C2=O)c1. The van der Waals surface area contributed by atoms with Crippen LogP contribution < -0.4 is 10.2 Å². The third kappa shape index (κ3) is 4.89. The van der Waals surface area contributed by atoms with Gasteiger partial charge in [-0.3, -0.25) is 9.69 Å². The molecule has 0 saturated carbocycles. The Labute approximate surface area is 166 Å². The van der Waals surface area contributed by atoms with Crippen LogP contribution in [0.2, 0.25) is 0 Å². The molecule has 1 N–H and O–H groups in total. The van der Waals surface area contributed by atoms with Crippen LogP contribution in [0.1, 0.15) is 23.1 Å². The number of anilines is 2. The van der Waals surface area contributed by atoms with Gasteiger partial charge in [-0.05, 0) is 44.0 Å². The summed E-state index contributed by atoms with van der Waals surface area (Å²) in [5, 5.41) is 2.79. The molecule has 1 saturated heterocycles. The van der Waals surface area contributed by atoms with Gasteiger partial charge in [-0.1, -0.05) is 35.4 Å². The van der Waals surface area contributed by atoms with E-state index < -0.39 is 0 Å². The minimum absolute atomic E-state index is 0.00341. The van der Waals surface area contributed by atoms with Crippen LogP contribution in [0.25, 0.3) is 0 Å². The monoisotopic (exact) mass is 381 g/mol. The fraction of sp³-hybridized carbons (Fsp3) is 0.364. The van der Waals surface area contributed by atoms with Crippen molar-refractivity contribution in [3.63, 3.8) is 0 Å². The summed E-state index contributed by atoms with van der Waals surface area (Å²) in [4.78, 5) is 28.5. The normalized spacial score (nSPS) is 14.3. The number of nitrogens with one attached hydrogen (secondary N) is 1. The van der Waals surface area contributed by atoms with Crippen LogP contribution in [0.3, 0.4) is 0 Å². The zero-order valence-corrected chi connectivity index (χ0v) is 16.7. The maximum atomic E-state index is 13.1. The van der Waals surface area contributed by atoms with E-state index in [0.717, 1.165) is 24.2 Å². The zero-order chi connectivity index (χ0) is 20.1. The van der Waals surface area contributed by atoms with Crippen LogP contribution >= 0.6 is 0 Å². The van der Waals surface area contributed by atoms with Gasteiger partial charge in [-0.2, -0.15) is 0 Å². The highest BCUT2D eigenvalue weighted by Crippen LogP contribution is 2.24. The van der Waals surface area contributed by atoms with Crippen molar-refractivity contribution >= 4 is 23.3 Å². The van der Waals surface area contributed by atoms with E-state index in [1.54, 1.807) is 11.0 Å². The van der Waals surface area contributed by atoms with Crippen LogP contribution in [-0.4, -0.2) is 43.6 Å². The molecule has 2 aromatic carbocycles. The van der Waals surface area contributed by atoms with E-state index in [4.69, 9.17) is 4.74 Å². The van der Waals surface area contributed by atoms with Crippen molar-refractivity contribution in [1.82, 2.24) is 4.90 Å². The Morgan fingerprint density at radius 1 is 1.11 bits per heavy atom. The highest BCUT2D eigenvalue weighted by atomic mass is 16.5. The van der Waals surface area contributed by atoms with Crippen LogP contribution in [0.4, 0.5) is 16.2 Å². The number of methoxy groups -OCH3 is 1. The number of hydrogen-bond donors (Lipinski definition) is 1. The van der Waals surface area contributed by atoms with E-state index in [2.05, 4.69) is 37.4 Å². The van der Waals surface area contributed by atoms with Crippen LogP contribution in [-0.2, 0) is 16.1 Å². The van der Waals surface area contributed by atoms with Gasteiger partial charge in [0.1, 0.15) is 6.61 Å². The number of carbonyl (C=O) groups excluding carboxylic acids is 2. The molecule has 0 atom stereocenters. The maximum absolute atomic E-state index is 13.1. The molecular formula is C22H27N3O3. The largest absolute Gasteiger partial charge is 0.375 e. The lowest BCUT2D eigenvalue weighted by Gasteiger charge is -2.36. The molecule has 0 bridgehead atoms. The molecule has 0 aromatic heterocycles. The molecule has 1 heterocycles. The molecular weight excluding hydrogens is 354 g/mol. The van der Waals surface area contributed by atoms with E-state index in [0.29, 0.717) is 18.8 Å². The molecule has 148 valence electrons. The summed E-state index contributed by atoms with van der Waals surface area (Å²) in [5.74, 6) is -0.221. The molecule has 0 aliphatic carbocycles. The lowest BCUT2D eigenvalue weighted by atomic mass is 10.1. The van der Waals surface area contributed by atoms with E-state index in [1.165, 1.54) is 18.2 Å². The first-order valence-electron chi connectivity index (χ1n) is 9.49. The summed E-state index contributed by atoms with van der Waals surface area (Å²) in [6.45, 7) is 6.15. The third-order valence-electron chi connectivity index (χ3n) is 4.68. The van der Waals surface area contributed by atoms with Crippen LogP contribution in [0.5, 0.6) is 0 Å². The van der Waals surface area contributed by atoms with Crippen LogP contribution in [0, 0.1) is 13.8 Å². The van der Waals surface area contributed by atoms with Crippen molar-refractivity contribution < 1.29 is 14.3 Å². The number of carbonyl (C=O) groups is 2. The van der Waals surface area contributed by atoms with E-state index in [1.807, 2.05) is 23.1 Å². The topological polar surface area (TPSA) is 61.9 Å². The number of ether oxygens (including phenoxy) is 1. The Morgan fingerprint density at radius 2 is 1.86 bits per heavy atom. The first kappa shape index (κ1) is 19.9. The summed E-state index contributed by atoms with van der Waals surface area (Å²) in [7, 11) is 1.48. The molecule has 2 aromatic rings. The van der Waals surface area contributed by atoms with Gasteiger partial charge in [0.25, 0.3) is 0 Å². The number of aryl methyl sites for hydroxylation is 2. The van der Waals surface area contributed by atoms with Crippen molar-refractivity contribution in [2.75, 3.05) is 37.0 Å². The lowest BCUT2D eigenvalue weighted by molar-refractivity contribution is -0.119. The Morgan fingerprint density at radius 3 is 2.57 bits per heavy atom. The molecule has 0 spiro atoms. The van der Waals surface area contributed by atoms with E-state index in [9.17, 15) is 9.59 Å². The summed E-state index contributed by atoms with van der Waals surface area (Å²) >= 11 is 0. The second kappa shape index (κ2) is 8.89. The first-order valence-corrected chi connectivity index (χ1v) is 9.49. The molecule has 0 unspecified atom stereocenters. The fourth-order valence-corrected chi connectivity index (χ4v) is 3.63. The van der Waals surface area contributed by atoms with Gasteiger partial charge in [-0.15, -0.1) is 0 Å². The standard InChI is InChI=1S/C22H27N3O3/c1-16-10-17(2)12-18(11-16)14-24-8-5-9-25(22(24)27)20-7-4-6-19(13-20)23-21(26)15-28-3/h4,6-7,10-13H,5,8-9,14-15H2,1-3H3,(H,23,26). The Hall–Kier alpha value is -2.86. The third-order valence-corrected chi connectivity index (χ3v) is 4.68. The number of benzene rings is 2. The Kier molecular flexibility index (Phi) is 6.31. The first-order chi connectivity index (χ1) is 13.5. The second-order valence-corrected chi connectivity index (χ2v) is 7.24. The number of hydrogen-bond acceptors (Lipinski definition) is 3. The predicted molar refractivity (Wildman–Crippen MR) is 111 cm³/mol. The minimum atomic E-state index is -0.221. The molecule has 6 nitrogen and oxygen atoms in total. The zero-order valence-electron chi connectivity index (χ0n) is 16.7. The lowest BCUT2D eigenvalue weighted by Crippen LogP contribution is -2.49. The molecule has 1 fully saturated rings. The van der Waals surface area contributed by atoms with Crippen molar-refractivity contribution in [2.24, 2.45) is 0 Å². The number of rotatable bonds is 6. The van der Waals surface area contributed by atoms with Gasteiger partial charge in [-0.25, -0.2) is 4.79 Å². The van der Waals surface area contributed by atoms with Gasteiger partial charge in [0.15, 0.2) is 0 Å². The molecule has 3 rings (SSSR count). The van der Waals surface area contributed by atoms with Crippen molar-refractivity contribution in [1.29, 1.82) is 0 Å². The summed E-state index contributed by atoms with van der Waals surface area (Å²) in [6, 6.07) is 13.8. The maximum Gasteiger partial charge on any atom is 0.324 e. The van der Waals surface area contributed by atoms with Crippen molar-refractivity contribution in [3.05, 3.63) is 59.2 Å². The summed E-state index contributed by atoms with van der Waals surface area (Å²) in [6.07, 6.45) is 0.900. The van der Waals surface area contributed by atoms with Gasteiger partial charge in [0.05, 0.1) is 0 Å². The van der Waals surface area contributed by atoms with Crippen molar-refractivity contribution in [2.45, 2.75) is 26.8 Å². The Bertz CT molecular complexity index is 846. The van der Waals surface area contributed by atoms with E-state index in [-0.39, 0.29) is 18.5 Å². The summed E-state index contributed by atoms with van der Waals surface area (Å²) in [5.41, 5.74) is 4.99. The molecule has 0 radical (unpaired) electrons. The quantitative estimate of drug-likeness (QED) is 0.830. The molecule has 1 aliphatic heterocycles. The average molecular weight is 381 g/mol. The number of amides is 3. The van der Waals surface area contributed by atoms with E-state index >= 15 is 0 Å². The molecule has 1 aliphatic rings. The van der Waals surface area contributed by atoms with Gasteiger partial charge in [0.2, 0.25) is 5.91 Å². The smallest absolute Gasteiger partial charge is 0.324 e. The Balaban J connectivity index is 1.74. The number of nitrogens with zero attached hydrogens (tertiary/aromatic N) is 2. The highest BCUT2D eigenvalue weighted by molar-refractivity contribution is 5.95. The van der Waals surface area contributed by atoms with Crippen molar-refractivity contribution in [3.8, 4) is 0 Å². The van der Waals surface area contributed by atoms with Gasteiger partial charge >= 0.3 is 6.03 Å². The van der Waals surface area contributed by atoms with Gasteiger partial charge < -0.3 is 15.0 Å². The average Bonchev–Trinajstić information content (AvgIpc) is 2.63. The van der Waals surface area contributed by atoms with Crippen LogP contribution in [0.15, 0.2) is 42.5 Å². The molecule has 6 heteroatoms. The fourth-order valence-electron chi connectivity index (χ4n) is 3.63. The second-order valence-electron chi connectivity index (χ2n) is 7.24. The number of urea groups is 1. The molecule has 3 amide bonds. The predicted octanol–water partition coefficient (Wildman–Crippen LogP) is 3.72. The minimum Gasteiger partial charge on any atom is -0.375 e. The highest BCUT2D eigenvalue weighted by Gasteiger charge is 2.27. The summed E-state index contributed by atoms with van der Waals surface area (Å²) < 4.78 is 4.84. The molecule has 28 heavy (non-hydrogen) atoms. The van der Waals surface area contributed by atoms with Gasteiger partial charge in [0, 0.05) is 38.1 Å².